The fraction of sp³-hybridized carbons (Fsp3) is 0.462. The van der Waals surface area contributed by atoms with E-state index >= 15 is 0 Å². The van der Waals surface area contributed by atoms with Crippen LogP contribution in [0.1, 0.15) is 0 Å². The van der Waals surface area contributed by atoms with Gasteiger partial charge in [0.1, 0.15) is 6.67 Å². The molecule has 0 aromatic heterocycles. The third kappa shape index (κ3) is 4.08. The molecular weight excluding hydrogens is 329 g/mol. The number of carbonyl (C=O) groups excluding carboxylic acids is 1. The maximum atomic E-state index is 12.0. The number of alkyl halides is 1. The molecule has 1 aliphatic rings. The molecule has 0 atom stereocenters. The lowest BCUT2D eigenvalue weighted by atomic mass is 10.2. The van der Waals surface area contributed by atoms with Crippen molar-refractivity contribution in [2.24, 2.45) is 0 Å². The van der Waals surface area contributed by atoms with E-state index in [1.165, 1.54) is 0 Å². The summed E-state index contributed by atoms with van der Waals surface area (Å²) in [4.78, 5) is 13.8. The molecule has 1 heterocycles. The van der Waals surface area contributed by atoms with Crippen LogP contribution in [0.15, 0.2) is 22.7 Å². The Morgan fingerprint density at radius 2 is 2.15 bits per heavy atom. The molecule has 0 radical (unpaired) electrons. The Kier molecular flexibility index (Phi) is 5.60. The second kappa shape index (κ2) is 7.44. The molecule has 0 bridgehead atoms. The van der Waals surface area contributed by atoms with Crippen LogP contribution in [0.4, 0.5) is 20.6 Å². The van der Waals surface area contributed by atoms with Crippen molar-refractivity contribution in [2.75, 3.05) is 49.7 Å². The van der Waals surface area contributed by atoms with Gasteiger partial charge in [-0.25, -0.2) is 9.18 Å². The molecule has 0 spiro atoms. The number of morpholine rings is 1. The maximum absolute atomic E-state index is 12.0. The summed E-state index contributed by atoms with van der Waals surface area (Å²) in [5.74, 6) is 0. The summed E-state index contributed by atoms with van der Waals surface area (Å²) in [6.07, 6.45) is 0. The van der Waals surface area contributed by atoms with E-state index < -0.39 is 12.7 Å². The first-order chi connectivity index (χ1) is 9.70. The minimum atomic E-state index is -0.581. The van der Waals surface area contributed by atoms with Gasteiger partial charge >= 0.3 is 6.03 Å². The Bertz CT molecular complexity index is 467. The third-order valence-electron chi connectivity index (χ3n) is 2.95. The van der Waals surface area contributed by atoms with Crippen molar-refractivity contribution >= 4 is 33.3 Å². The number of carbonyl (C=O) groups is 1. The highest BCUT2D eigenvalue weighted by Gasteiger charge is 2.13. The molecule has 1 aromatic carbocycles. The Labute approximate surface area is 125 Å². The lowest BCUT2D eigenvalue weighted by Crippen LogP contribution is -2.36. The fourth-order valence-electron chi connectivity index (χ4n) is 1.95. The zero-order valence-electron chi connectivity index (χ0n) is 11.0. The number of anilines is 2. The number of nitrogens with zero attached hydrogens (tertiary/aromatic N) is 1. The third-order valence-corrected chi connectivity index (χ3v) is 3.65. The van der Waals surface area contributed by atoms with Crippen LogP contribution in [0.5, 0.6) is 0 Å². The van der Waals surface area contributed by atoms with Gasteiger partial charge in [0, 0.05) is 29.8 Å². The van der Waals surface area contributed by atoms with E-state index in [0.717, 1.165) is 23.2 Å². The molecule has 1 saturated heterocycles. The Morgan fingerprint density at radius 3 is 2.85 bits per heavy atom. The molecular formula is C13H17BrFN3O2. The lowest BCUT2D eigenvalue weighted by Gasteiger charge is -2.29. The molecule has 2 amide bonds. The van der Waals surface area contributed by atoms with Crippen molar-refractivity contribution in [3.05, 3.63) is 22.7 Å². The fourth-order valence-corrected chi connectivity index (χ4v) is 2.30. The van der Waals surface area contributed by atoms with Gasteiger partial charge in [0.15, 0.2) is 0 Å². The van der Waals surface area contributed by atoms with Crippen LogP contribution in [0, 0.1) is 0 Å². The summed E-state index contributed by atoms with van der Waals surface area (Å²) in [5, 5.41) is 5.13. The zero-order valence-corrected chi connectivity index (χ0v) is 12.6. The molecule has 0 unspecified atom stereocenters. The van der Waals surface area contributed by atoms with E-state index in [-0.39, 0.29) is 6.54 Å². The minimum absolute atomic E-state index is 0.00655. The second-order valence-corrected chi connectivity index (χ2v) is 5.19. The van der Waals surface area contributed by atoms with Crippen molar-refractivity contribution in [3.63, 3.8) is 0 Å². The topological polar surface area (TPSA) is 53.6 Å². The number of ether oxygens (including phenoxy) is 1. The summed E-state index contributed by atoms with van der Waals surface area (Å²) in [6, 6.07) is 5.35. The molecule has 5 nitrogen and oxygen atoms in total. The second-order valence-electron chi connectivity index (χ2n) is 4.33. The number of hydrogen-bond acceptors (Lipinski definition) is 3. The molecule has 2 rings (SSSR count). The Hall–Kier alpha value is -1.34. The predicted molar refractivity (Wildman–Crippen MR) is 80.2 cm³/mol. The number of nitrogens with one attached hydrogen (secondary N) is 2. The highest BCUT2D eigenvalue weighted by atomic mass is 79.9. The number of rotatable bonds is 4. The molecule has 20 heavy (non-hydrogen) atoms. The van der Waals surface area contributed by atoms with Gasteiger partial charge in [-0.1, -0.05) is 0 Å². The van der Waals surface area contributed by atoms with E-state index in [2.05, 4.69) is 31.5 Å². The van der Waals surface area contributed by atoms with E-state index in [4.69, 9.17) is 4.74 Å². The molecule has 110 valence electrons. The number of benzene rings is 1. The largest absolute Gasteiger partial charge is 0.378 e. The van der Waals surface area contributed by atoms with Crippen molar-refractivity contribution in [2.45, 2.75) is 0 Å². The van der Waals surface area contributed by atoms with Crippen molar-refractivity contribution < 1.29 is 13.9 Å². The van der Waals surface area contributed by atoms with Gasteiger partial charge in [-0.15, -0.1) is 0 Å². The number of hydrogen-bond donors (Lipinski definition) is 2. The Balaban J connectivity index is 2.05. The summed E-state index contributed by atoms with van der Waals surface area (Å²) in [6.45, 7) is 2.49. The van der Waals surface area contributed by atoms with Gasteiger partial charge < -0.3 is 20.3 Å². The van der Waals surface area contributed by atoms with Crippen LogP contribution in [-0.2, 0) is 4.74 Å². The molecule has 0 saturated carbocycles. The highest BCUT2D eigenvalue weighted by Crippen LogP contribution is 2.28. The molecule has 1 aromatic rings. The van der Waals surface area contributed by atoms with Gasteiger partial charge in [0.2, 0.25) is 0 Å². The van der Waals surface area contributed by atoms with E-state index in [9.17, 15) is 9.18 Å². The summed E-state index contributed by atoms with van der Waals surface area (Å²) in [5.41, 5.74) is 1.68. The van der Waals surface area contributed by atoms with Gasteiger partial charge in [-0.2, -0.15) is 0 Å². The van der Waals surface area contributed by atoms with Crippen LogP contribution >= 0.6 is 15.9 Å². The first-order valence-corrected chi connectivity index (χ1v) is 7.23. The quantitative estimate of drug-likeness (QED) is 0.880. The molecule has 2 N–H and O–H groups in total. The summed E-state index contributed by atoms with van der Waals surface area (Å²) < 4.78 is 18.1. The van der Waals surface area contributed by atoms with E-state index in [1.54, 1.807) is 0 Å². The highest BCUT2D eigenvalue weighted by molar-refractivity contribution is 9.10. The van der Waals surface area contributed by atoms with Crippen LogP contribution in [-0.4, -0.2) is 45.6 Å². The van der Waals surface area contributed by atoms with Crippen molar-refractivity contribution in [3.8, 4) is 0 Å². The predicted octanol–water partition coefficient (Wildman–Crippen LogP) is 2.38. The van der Waals surface area contributed by atoms with Gasteiger partial charge in [0.25, 0.3) is 0 Å². The standard InChI is InChI=1S/C13H17BrFN3O2/c14-11-2-1-10(18-5-7-20-8-6-18)9-12(11)17-13(19)16-4-3-15/h1-2,9H,3-8H2,(H2,16,17,19). The van der Waals surface area contributed by atoms with Crippen LogP contribution < -0.4 is 15.5 Å². The first kappa shape index (κ1) is 15.1. The van der Waals surface area contributed by atoms with Gasteiger partial charge in [-0.3, -0.25) is 0 Å². The molecule has 7 heteroatoms. The van der Waals surface area contributed by atoms with Gasteiger partial charge in [-0.05, 0) is 34.1 Å². The maximum Gasteiger partial charge on any atom is 0.319 e. The lowest BCUT2D eigenvalue weighted by molar-refractivity contribution is 0.122. The molecule has 1 fully saturated rings. The normalized spacial score (nSPS) is 15.0. The van der Waals surface area contributed by atoms with Crippen molar-refractivity contribution in [1.82, 2.24) is 5.32 Å². The monoisotopic (exact) mass is 345 g/mol. The zero-order chi connectivity index (χ0) is 14.4. The summed E-state index contributed by atoms with van der Waals surface area (Å²) >= 11 is 3.39. The smallest absolute Gasteiger partial charge is 0.319 e. The van der Waals surface area contributed by atoms with E-state index in [0.29, 0.717) is 18.9 Å². The van der Waals surface area contributed by atoms with Crippen LogP contribution in [0.25, 0.3) is 0 Å². The summed E-state index contributed by atoms with van der Waals surface area (Å²) in [7, 11) is 0. The van der Waals surface area contributed by atoms with Gasteiger partial charge in [0.05, 0.1) is 18.9 Å². The van der Waals surface area contributed by atoms with Crippen LogP contribution in [0.3, 0.4) is 0 Å². The Morgan fingerprint density at radius 1 is 1.40 bits per heavy atom. The average molecular weight is 346 g/mol. The van der Waals surface area contributed by atoms with E-state index in [1.807, 2.05) is 18.2 Å². The van der Waals surface area contributed by atoms with Crippen molar-refractivity contribution in [1.29, 1.82) is 0 Å². The molecule has 1 aliphatic heterocycles. The SMILES string of the molecule is O=C(NCCF)Nc1cc(N2CCOCC2)ccc1Br. The van der Waals surface area contributed by atoms with Crippen LogP contribution in [0.2, 0.25) is 0 Å². The molecule has 0 aliphatic carbocycles. The first-order valence-electron chi connectivity index (χ1n) is 6.44. The number of urea groups is 1. The average Bonchev–Trinajstić information content (AvgIpc) is 2.48. The number of halogens is 2. The minimum Gasteiger partial charge on any atom is -0.378 e. The number of amides is 2.